The van der Waals surface area contributed by atoms with E-state index in [1.54, 1.807) is 0 Å². The van der Waals surface area contributed by atoms with E-state index < -0.39 is 0 Å². The zero-order valence-corrected chi connectivity index (χ0v) is 6.89. The van der Waals surface area contributed by atoms with Gasteiger partial charge in [0.1, 0.15) is 0 Å². The van der Waals surface area contributed by atoms with Crippen LogP contribution in [-0.4, -0.2) is 31.6 Å². The van der Waals surface area contributed by atoms with Gasteiger partial charge < -0.3 is 10.6 Å². The Morgan fingerprint density at radius 1 is 1.33 bits per heavy atom. The lowest BCUT2D eigenvalue weighted by Crippen LogP contribution is -2.39. The van der Waals surface area contributed by atoms with Crippen molar-refractivity contribution in [3.05, 3.63) is 0 Å². The normalized spacial score (nSPS) is 15.0. The average molecular weight is 130 g/mol. The van der Waals surface area contributed by atoms with Crippen molar-refractivity contribution in [3.8, 4) is 0 Å². The second kappa shape index (κ2) is 3.85. The van der Waals surface area contributed by atoms with Crippen LogP contribution in [0.1, 0.15) is 13.8 Å². The minimum atomic E-state index is 0.532. The molecule has 2 N–H and O–H groups in total. The number of rotatable bonds is 3. The fraction of sp³-hybridized carbons (Fsp3) is 1.00. The Hall–Kier alpha value is -0.0800. The third-order valence-electron chi connectivity index (χ3n) is 1.67. The summed E-state index contributed by atoms with van der Waals surface area (Å²) in [6, 6.07) is 0.532. The Morgan fingerprint density at radius 2 is 1.78 bits per heavy atom. The Balaban J connectivity index is 3.68. The predicted octanol–water partition coefficient (Wildman–Crippen LogP) is 0.531. The molecule has 2 heteroatoms. The van der Waals surface area contributed by atoms with Gasteiger partial charge in [0, 0.05) is 12.6 Å². The van der Waals surface area contributed by atoms with Crippen LogP contribution in [0.5, 0.6) is 0 Å². The molecule has 2 nitrogen and oxygen atoms in total. The third-order valence-corrected chi connectivity index (χ3v) is 1.67. The van der Waals surface area contributed by atoms with E-state index in [9.17, 15) is 0 Å². The molecule has 0 heterocycles. The van der Waals surface area contributed by atoms with Crippen molar-refractivity contribution in [2.45, 2.75) is 19.9 Å². The molecule has 1 unspecified atom stereocenters. The topological polar surface area (TPSA) is 29.3 Å². The molecular formula is C7H18N2. The summed E-state index contributed by atoms with van der Waals surface area (Å²) in [5.41, 5.74) is 5.53. The maximum atomic E-state index is 5.53. The molecule has 0 aromatic rings. The molecule has 0 saturated heterocycles. The van der Waals surface area contributed by atoms with Gasteiger partial charge in [0.15, 0.2) is 0 Å². The molecule has 0 amide bonds. The van der Waals surface area contributed by atoms with Crippen molar-refractivity contribution < 1.29 is 0 Å². The Morgan fingerprint density at radius 3 is 1.78 bits per heavy atom. The van der Waals surface area contributed by atoms with Crippen molar-refractivity contribution >= 4 is 0 Å². The van der Waals surface area contributed by atoms with Crippen molar-refractivity contribution in [1.82, 2.24) is 4.90 Å². The Labute approximate surface area is 58.0 Å². The van der Waals surface area contributed by atoms with Gasteiger partial charge in [0.25, 0.3) is 0 Å². The van der Waals surface area contributed by atoms with Gasteiger partial charge in [-0.3, -0.25) is 0 Å². The second-order valence-electron chi connectivity index (χ2n) is 3.01. The monoisotopic (exact) mass is 130 g/mol. The number of hydrogen-bond acceptors (Lipinski definition) is 2. The SMILES string of the molecule is CC(C)C(CN)N(C)C. The van der Waals surface area contributed by atoms with Gasteiger partial charge in [-0.1, -0.05) is 13.8 Å². The fourth-order valence-electron chi connectivity index (χ4n) is 1.08. The zero-order valence-electron chi connectivity index (χ0n) is 6.89. The standard InChI is InChI=1S/C7H18N2/c1-6(2)7(5-8)9(3)4/h6-7H,5,8H2,1-4H3. The quantitative estimate of drug-likeness (QED) is 0.604. The number of nitrogens with zero attached hydrogens (tertiary/aromatic N) is 1. The van der Waals surface area contributed by atoms with Crippen molar-refractivity contribution in [2.75, 3.05) is 20.6 Å². The van der Waals surface area contributed by atoms with E-state index in [2.05, 4.69) is 32.8 Å². The summed E-state index contributed by atoms with van der Waals surface area (Å²) < 4.78 is 0. The minimum Gasteiger partial charge on any atom is -0.329 e. The number of likely N-dealkylation sites (N-methyl/N-ethyl adjacent to an activating group) is 1. The molecule has 0 aromatic carbocycles. The molecule has 0 rings (SSSR count). The predicted molar refractivity (Wildman–Crippen MR) is 41.4 cm³/mol. The summed E-state index contributed by atoms with van der Waals surface area (Å²) in [5, 5.41) is 0. The van der Waals surface area contributed by atoms with Gasteiger partial charge in [-0.2, -0.15) is 0 Å². The van der Waals surface area contributed by atoms with Gasteiger partial charge in [-0.15, -0.1) is 0 Å². The van der Waals surface area contributed by atoms with Crippen LogP contribution < -0.4 is 5.73 Å². The van der Waals surface area contributed by atoms with Crippen molar-refractivity contribution in [1.29, 1.82) is 0 Å². The molecule has 0 aliphatic carbocycles. The van der Waals surface area contributed by atoms with E-state index in [4.69, 9.17) is 5.73 Å². The van der Waals surface area contributed by atoms with Crippen LogP contribution in [0.25, 0.3) is 0 Å². The highest BCUT2D eigenvalue weighted by atomic mass is 15.1. The summed E-state index contributed by atoms with van der Waals surface area (Å²) >= 11 is 0. The average Bonchev–Trinajstić information content (AvgIpc) is 1.64. The highest BCUT2D eigenvalue weighted by Gasteiger charge is 2.12. The summed E-state index contributed by atoms with van der Waals surface area (Å²) in [5.74, 6) is 0.657. The lowest BCUT2D eigenvalue weighted by molar-refractivity contribution is 0.238. The first-order chi connectivity index (χ1) is 4.09. The lowest BCUT2D eigenvalue weighted by atomic mass is 10.0. The van der Waals surface area contributed by atoms with Crippen LogP contribution >= 0.6 is 0 Å². The fourth-order valence-corrected chi connectivity index (χ4v) is 1.08. The minimum absolute atomic E-state index is 0.532. The van der Waals surface area contributed by atoms with Crippen molar-refractivity contribution in [3.63, 3.8) is 0 Å². The molecule has 0 bridgehead atoms. The lowest BCUT2D eigenvalue weighted by Gasteiger charge is -2.25. The smallest absolute Gasteiger partial charge is 0.0235 e. The molecule has 56 valence electrons. The molecule has 0 fully saturated rings. The molecular weight excluding hydrogens is 112 g/mol. The molecule has 0 saturated carbocycles. The van der Waals surface area contributed by atoms with Crippen LogP contribution in [-0.2, 0) is 0 Å². The molecule has 1 atom stereocenters. The van der Waals surface area contributed by atoms with E-state index in [1.807, 2.05) is 0 Å². The molecule has 9 heavy (non-hydrogen) atoms. The number of nitrogens with two attached hydrogens (primary N) is 1. The summed E-state index contributed by atoms with van der Waals surface area (Å²) in [6.45, 7) is 5.14. The van der Waals surface area contributed by atoms with E-state index >= 15 is 0 Å². The zero-order chi connectivity index (χ0) is 7.44. The van der Waals surface area contributed by atoms with Crippen molar-refractivity contribution in [2.24, 2.45) is 11.7 Å². The van der Waals surface area contributed by atoms with Crippen LogP contribution in [0.3, 0.4) is 0 Å². The van der Waals surface area contributed by atoms with Gasteiger partial charge in [0.05, 0.1) is 0 Å². The van der Waals surface area contributed by atoms with Crippen LogP contribution in [0.15, 0.2) is 0 Å². The Kier molecular flexibility index (Phi) is 3.82. The molecule has 0 aromatic heterocycles. The molecule has 0 spiro atoms. The third kappa shape index (κ3) is 2.82. The van der Waals surface area contributed by atoms with Gasteiger partial charge in [-0.05, 0) is 20.0 Å². The van der Waals surface area contributed by atoms with Crippen LogP contribution in [0.2, 0.25) is 0 Å². The van der Waals surface area contributed by atoms with E-state index in [-0.39, 0.29) is 0 Å². The van der Waals surface area contributed by atoms with Crippen LogP contribution in [0, 0.1) is 5.92 Å². The maximum absolute atomic E-state index is 5.53. The Bertz CT molecular complexity index is 61.3. The second-order valence-corrected chi connectivity index (χ2v) is 3.01. The largest absolute Gasteiger partial charge is 0.329 e. The highest BCUT2D eigenvalue weighted by molar-refractivity contribution is 4.69. The first kappa shape index (κ1) is 8.92. The van der Waals surface area contributed by atoms with Crippen LogP contribution in [0.4, 0.5) is 0 Å². The van der Waals surface area contributed by atoms with Gasteiger partial charge in [0.2, 0.25) is 0 Å². The molecule has 0 radical (unpaired) electrons. The first-order valence-corrected chi connectivity index (χ1v) is 3.46. The maximum Gasteiger partial charge on any atom is 0.0235 e. The molecule has 0 aliphatic heterocycles. The van der Waals surface area contributed by atoms with E-state index in [0.717, 1.165) is 6.54 Å². The van der Waals surface area contributed by atoms with Gasteiger partial charge >= 0.3 is 0 Å². The van der Waals surface area contributed by atoms with Gasteiger partial charge in [-0.25, -0.2) is 0 Å². The summed E-state index contributed by atoms with van der Waals surface area (Å²) in [7, 11) is 4.13. The number of hydrogen-bond donors (Lipinski definition) is 1. The highest BCUT2D eigenvalue weighted by Crippen LogP contribution is 2.04. The van der Waals surface area contributed by atoms with E-state index in [0.29, 0.717) is 12.0 Å². The first-order valence-electron chi connectivity index (χ1n) is 3.46. The summed E-state index contributed by atoms with van der Waals surface area (Å²) in [4.78, 5) is 2.17. The summed E-state index contributed by atoms with van der Waals surface area (Å²) in [6.07, 6.45) is 0. The van der Waals surface area contributed by atoms with E-state index in [1.165, 1.54) is 0 Å². The molecule has 0 aliphatic rings.